The number of carbonyl (C=O) groups excluding carboxylic acids is 2. The van der Waals surface area contributed by atoms with Crippen LogP contribution in [0.4, 0.5) is 5.69 Å². The number of nitrogens with zero attached hydrogens (tertiary/aromatic N) is 3. The average molecular weight is 474 g/mol. The van der Waals surface area contributed by atoms with Crippen LogP contribution in [0.3, 0.4) is 0 Å². The molecule has 0 bridgehead atoms. The standard InChI is InChI=1S/C26H20ClN3O4/c1-16-23(27)24(25(31)17-7-4-3-5-8-17)30(28-16)20-10-6-9-18(13-20)26(32)29(2)19-11-12-21-22(14-19)34-15-33-21/h3-14H,15H2,1-2H3. The summed E-state index contributed by atoms with van der Waals surface area (Å²) in [5, 5.41) is 4.76. The van der Waals surface area contributed by atoms with E-state index in [1.807, 2.05) is 6.07 Å². The first-order valence-electron chi connectivity index (χ1n) is 10.6. The normalized spacial score (nSPS) is 12.0. The largest absolute Gasteiger partial charge is 0.454 e. The van der Waals surface area contributed by atoms with Crippen LogP contribution < -0.4 is 14.4 Å². The molecule has 1 aromatic heterocycles. The van der Waals surface area contributed by atoms with Gasteiger partial charge < -0.3 is 14.4 Å². The first kappa shape index (κ1) is 21.7. The summed E-state index contributed by atoms with van der Waals surface area (Å²) < 4.78 is 12.3. The van der Waals surface area contributed by atoms with E-state index in [4.69, 9.17) is 21.1 Å². The molecule has 0 spiro atoms. The number of fused-ring (bicyclic) bond motifs is 1. The molecule has 1 aliphatic heterocycles. The van der Waals surface area contributed by atoms with Crippen LogP contribution in [0.2, 0.25) is 5.02 Å². The first-order valence-corrected chi connectivity index (χ1v) is 10.9. The number of ketones is 1. The molecular weight excluding hydrogens is 454 g/mol. The molecule has 0 fully saturated rings. The van der Waals surface area contributed by atoms with Crippen molar-refractivity contribution >= 4 is 29.0 Å². The van der Waals surface area contributed by atoms with E-state index >= 15 is 0 Å². The Kier molecular flexibility index (Phi) is 5.55. The zero-order chi connectivity index (χ0) is 23.8. The van der Waals surface area contributed by atoms with E-state index in [9.17, 15) is 9.59 Å². The minimum Gasteiger partial charge on any atom is -0.454 e. The predicted molar refractivity (Wildman–Crippen MR) is 128 cm³/mol. The van der Waals surface area contributed by atoms with Gasteiger partial charge in [-0.2, -0.15) is 5.10 Å². The van der Waals surface area contributed by atoms with Crippen molar-refractivity contribution < 1.29 is 19.1 Å². The minimum absolute atomic E-state index is 0.161. The van der Waals surface area contributed by atoms with E-state index in [1.165, 1.54) is 9.58 Å². The van der Waals surface area contributed by atoms with Crippen molar-refractivity contribution in [1.29, 1.82) is 0 Å². The van der Waals surface area contributed by atoms with Gasteiger partial charge in [0, 0.05) is 29.9 Å². The number of benzene rings is 3. The number of halogens is 1. The van der Waals surface area contributed by atoms with Crippen LogP contribution in [0.5, 0.6) is 11.5 Å². The van der Waals surface area contributed by atoms with Gasteiger partial charge in [-0.25, -0.2) is 4.68 Å². The lowest BCUT2D eigenvalue weighted by Crippen LogP contribution is -2.26. The highest BCUT2D eigenvalue weighted by Gasteiger charge is 2.24. The number of aromatic nitrogens is 2. The van der Waals surface area contributed by atoms with Gasteiger partial charge in [-0.3, -0.25) is 9.59 Å². The van der Waals surface area contributed by atoms with Crippen LogP contribution in [0.25, 0.3) is 5.69 Å². The van der Waals surface area contributed by atoms with Crippen LogP contribution in [0, 0.1) is 6.92 Å². The number of rotatable bonds is 5. The molecule has 0 radical (unpaired) electrons. The molecule has 2 heterocycles. The average Bonchev–Trinajstić information content (AvgIpc) is 3.47. The second kappa shape index (κ2) is 8.68. The summed E-state index contributed by atoms with van der Waals surface area (Å²) in [4.78, 5) is 28.0. The quantitative estimate of drug-likeness (QED) is 0.378. The minimum atomic E-state index is -0.250. The van der Waals surface area contributed by atoms with E-state index in [0.717, 1.165) is 0 Å². The molecule has 0 N–H and O–H groups in total. The summed E-state index contributed by atoms with van der Waals surface area (Å²) in [6, 6.07) is 21.1. The Labute approximate surface area is 201 Å². The molecule has 8 heteroatoms. The fourth-order valence-corrected chi connectivity index (χ4v) is 4.00. The van der Waals surface area contributed by atoms with E-state index in [1.54, 1.807) is 80.7 Å². The molecule has 0 saturated carbocycles. The molecule has 5 rings (SSSR count). The summed E-state index contributed by atoms with van der Waals surface area (Å²) in [5.74, 6) is 0.761. The van der Waals surface area contributed by atoms with Crippen LogP contribution in [-0.2, 0) is 0 Å². The molecule has 7 nitrogen and oxygen atoms in total. The SMILES string of the molecule is Cc1nn(-c2cccc(C(=O)N(C)c3ccc4c(c3)OCO4)c2)c(C(=O)c2ccccc2)c1Cl. The molecule has 34 heavy (non-hydrogen) atoms. The summed E-state index contributed by atoms with van der Waals surface area (Å²) in [5.41, 5.74) is 2.92. The van der Waals surface area contributed by atoms with E-state index in [2.05, 4.69) is 5.10 Å². The molecular formula is C26H20ClN3O4. The lowest BCUT2D eigenvalue weighted by atomic mass is 10.1. The Morgan fingerprint density at radius 3 is 2.47 bits per heavy atom. The third-order valence-corrected chi connectivity index (χ3v) is 6.08. The van der Waals surface area contributed by atoms with Crippen LogP contribution in [0.15, 0.2) is 72.8 Å². The number of ether oxygens (including phenoxy) is 2. The lowest BCUT2D eigenvalue weighted by molar-refractivity contribution is 0.0992. The summed E-state index contributed by atoms with van der Waals surface area (Å²) in [6.07, 6.45) is 0. The second-order valence-electron chi connectivity index (χ2n) is 7.81. The number of carbonyl (C=O) groups is 2. The predicted octanol–water partition coefficient (Wildman–Crippen LogP) is 5.07. The maximum atomic E-state index is 13.3. The van der Waals surface area contributed by atoms with Crippen molar-refractivity contribution in [3.63, 3.8) is 0 Å². The Balaban J connectivity index is 1.50. The fourth-order valence-electron chi connectivity index (χ4n) is 3.79. The van der Waals surface area contributed by atoms with E-state index in [0.29, 0.717) is 39.7 Å². The smallest absolute Gasteiger partial charge is 0.258 e. The molecule has 170 valence electrons. The molecule has 0 unspecified atom stereocenters. The van der Waals surface area contributed by atoms with Crippen molar-refractivity contribution in [2.24, 2.45) is 0 Å². The fraction of sp³-hybridized carbons (Fsp3) is 0.115. The van der Waals surface area contributed by atoms with Gasteiger partial charge in [-0.1, -0.05) is 48.0 Å². The van der Waals surface area contributed by atoms with Crippen LogP contribution in [0.1, 0.15) is 32.1 Å². The van der Waals surface area contributed by atoms with Crippen molar-refractivity contribution in [3.8, 4) is 17.2 Å². The summed E-state index contributed by atoms with van der Waals surface area (Å²) in [7, 11) is 1.69. The van der Waals surface area contributed by atoms with Gasteiger partial charge >= 0.3 is 0 Å². The van der Waals surface area contributed by atoms with E-state index in [-0.39, 0.29) is 29.2 Å². The van der Waals surface area contributed by atoms with Crippen molar-refractivity contribution in [2.75, 3.05) is 18.7 Å². The van der Waals surface area contributed by atoms with E-state index < -0.39 is 0 Å². The zero-order valence-electron chi connectivity index (χ0n) is 18.5. The summed E-state index contributed by atoms with van der Waals surface area (Å²) in [6.45, 7) is 1.90. The number of anilines is 1. The third kappa shape index (κ3) is 3.80. The maximum Gasteiger partial charge on any atom is 0.258 e. The topological polar surface area (TPSA) is 73.7 Å². The highest BCUT2D eigenvalue weighted by molar-refractivity contribution is 6.35. The lowest BCUT2D eigenvalue weighted by Gasteiger charge is -2.18. The van der Waals surface area contributed by atoms with Crippen molar-refractivity contribution in [3.05, 3.63) is 100 Å². The zero-order valence-corrected chi connectivity index (χ0v) is 19.2. The second-order valence-corrected chi connectivity index (χ2v) is 8.18. The number of hydrogen-bond donors (Lipinski definition) is 0. The van der Waals surface area contributed by atoms with Gasteiger partial charge in [0.15, 0.2) is 11.5 Å². The van der Waals surface area contributed by atoms with Gasteiger partial charge in [-0.05, 0) is 37.3 Å². The molecule has 0 aliphatic carbocycles. The van der Waals surface area contributed by atoms with Gasteiger partial charge in [-0.15, -0.1) is 0 Å². The monoisotopic (exact) mass is 473 g/mol. The maximum absolute atomic E-state index is 13.3. The number of hydrogen-bond acceptors (Lipinski definition) is 5. The Morgan fingerprint density at radius 2 is 1.68 bits per heavy atom. The molecule has 1 aliphatic rings. The number of aryl methyl sites for hydroxylation is 1. The highest BCUT2D eigenvalue weighted by Crippen LogP contribution is 2.35. The van der Waals surface area contributed by atoms with Gasteiger partial charge in [0.25, 0.3) is 5.91 Å². The van der Waals surface area contributed by atoms with Gasteiger partial charge in [0.1, 0.15) is 5.69 Å². The summed E-state index contributed by atoms with van der Waals surface area (Å²) >= 11 is 6.49. The van der Waals surface area contributed by atoms with Gasteiger partial charge in [0.05, 0.1) is 16.4 Å². The highest BCUT2D eigenvalue weighted by atomic mass is 35.5. The molecule has 0 saturated heterocycles. The molecule has 0 atom stereocenters. The molecule has 1 amide bonds. The van der Waals surface area contributed by atoms with Crippen LogP contribution in [-0.4, -0.2) is 35.3 Å². The van der Waals surface area contributed by atoms with Gasteiger partial charge in [0.2, 0.25) is 12.6 Å². The first-order chi connectivity index (χ1) is 16.4. The van der Waals surface area contributed by atoms with Crippen molar-refractivity contribution in [2.45, 2.75) is 6.92 Å². The molecule has 4 aromatic rings. The Hall–Kier alpha value is -4.10. The van der Waals surface area contributed by atoms with Crippen LogP contribution >= 0.6 is 11.6 Å². The van der Waals surface area contributed by atoms with Crippen molar-refractivity contribution in [1.82, 2.24) is 9.78 Å². The Morgan fingerprint density at radius 1 is 0.941 bits per heavy atom. The Bertz CT molecular complexity index is 1420. The number of amides is 1. The molecule has 3 aromatic carbocycles. The third-order valence-electron chi connectivity index (χ3n) is 5.62.